The summed E-state index contributed by atoms with van der Waals surface area (Å²) in [6.45, 7) is 4.32. The van der Waals surface area contributed by atoms with Gasteiger partial charge in [-0.05, 0) is 48.2 Å². The summed E-state index contributed by atoms with van der Waals surface area (Å²) >= 11 is 1.33. The van der Waals surface area contributed by atoms with E-state index in [2.05, 4.69) is 11.1 Å². The molecule has 4 aromatic rings. The molecule has 0 bridgehead atoms. The molecule has 4 rings (SSSR count). The average molecular weight is 496 g/mol. The van der Waals surface area contributed by atoms with Crippen molar-refractivity contribution >= 4 is 23.2 Å². The summed E-state index contributed by atoms with van der Waals surface area (Å²) < 4.78 is 7.11. The number of aromatic nitrogens is 1. The highest BCUT2D eigenvalue weighted by Gasteiger charge is 2.22. The highest BCUT2D eigenvalue weighted by atomic mass is 32.1. The van der Waals surface area contributed by atoms with E-state index in [1.807, 2.05) is 55.5 Å². The first-order valence-corrected chi connectivity index (χ1v) is 12.5. The minimum Gasteiger partial charge on any atom is -0.461 e. The Kier molecular flexibility index (Phi) is 7.89. The van der Waals surface area contributed by atoms with Crippen LogP contribution in [0.1, 0.15) is 50.7 Å². The third-order valence-electron chi connectivity index (χ3n) is 5.64. The van der Waals surface area contributed by atoms with Crippen molar-refractivity contribution in [2.45, 2.75) is 26.8 Å². The van der Waals surface area contributed by atoms with Gasteiger partial charge >= 0.3 is 5.97 Å². The van der Waals surface area contributed by atoms with Crippen LogP contribution in [0.5, 0.6) is 0 Å². The van der Waals surface area contributed by atoms with Crippen molar-refractivity contribution in [2.75, 3.05) is 6.61 Å². The van der Waals surface area contributed by atoms with Crippen LogP contribution in [0.4, 0.5) is 0 Å². The van der Waals surface area contributed by atoms with Crippen LogP contribution in [-0.2, 0) is 17.7 Å². The third-order valence-corrected chi connectivity index (χ3v) is 6.86. The van der Waals surface area contributed by atoms with Gasteiger partial charge in [0.15, 0.2) is 4.80 Å². The summed E-state index contributed by atoms with van der Waals surface area (Å²) in [6, 6.07) is 26.4. The second kappa shape index (κ2) is 11.4. The number of nitrogens with zero attached hydrogens (tertiary/aromatic N) is 3. The van der Waals surface area contributed by atoms with Gasteiger partial charge < -0.3 is 9.30 Å². The molecule has 0 spiro atoms. The van der Waals surface area contributed by atoms with Gasteiger partial charge in [0, 0.05) is 10.4 Å². The molecule has 0 radical (unpaired) electrons. The number of carbonyl (C=O) groups excluding carboxylic acids is 2. The van der Waals surface area contributed by atoms with Crippen molar-refractivity contribution in [3.05, 3.63) is 111 Å². The lowest BCUT2D eigenvalue weighted by molar-refractivity contribution is 0.0512. The first-order valence-electron chi connectivity index (χ1n) is 11.7. The highest BCUT2D eigenvalue weighted by Crippen LogP contribution is 2.24. The van der Waals surface area contributed by atoms with Crippen LogP contribution >= 0.6 is 11.3 Å². The molecule has 0 fully saturated rings. The lowest BCUT2D eigenvalue weighted by Crippen LogP contribution is -2.23. The van der Waals surface area contributed by atoms with Gasteiger partial charge in [-0.1, -0.05) is 67.6 Å². The topological polar surface area (TPSA) is 84.4 Å². The molecule has 0 aliphatic heterocycles. The average Bonchev–Trinajstić information content (AvgIpc) is 3.26. The normalized spacial score (nSPS) is 11.2. The summed E-state index contributed by atoms with van der Waals surface area (Å²) in [5, 5.41) is 9.43. The zero-order valence-electron chi connectivity index (χ0n) is 20.1. The van der Waals surface area contributed by atoms with Crippen molar-refractivity contribution < 1.29 is 14.3 Å². The largest absolute Gasteiger partial charge is 0.461 e. The number of thiazole rings is 1. The molecule has 0 aliphatic carbocycles. The Labute approximate surface area is 213 Å². The summed E-state index contributed by atoms with van der Waals surface area (Å²) in [4.78, 5) is 31.4. The monoisotopic (exact) mass is 495 g/mol. The number of hydrogen-bond donors (Lipinski definition) is 0. The van der Waals surface area contributed by atoms with Gasteiger partial charge in [-0.2, -0.15) is 10.3 Å². The summed E-state index contributed by atoms with van der Waals surface area (Å²) in [7, 11) is 0. The first kappa shape index (κ1) is 24.8. The molecule has 0 unspecified atom stereocenters. The molecule has 36 heavy (non-hydrogen) atoms. The van der Waals surface area contributed by atoms with Crippen molar-refractivity contribution in [1.29, 1.82) is 5.26 Å². The Morgan fingerprint density at radius 1 is 0.972 bits per heavy atom. The fraction of sp³-hybridized carbons (Fsp3) is 0.172. The number of ether oxygens (including phenoxy) is 1. The van der Waals surface area contributed by atoms with Gasteiger partial charge in [0.25, 0.3) is 5.91 Å². The van der Waals surface area contributed by atoms with Crippen LogP contribution < -0.4 is 4.80 Å². The van der Waals surface area contributed by atoms with E-state index in [-0.39, 0.29) is 12.5 Å². The Balaban J connectivity index is 1.77. The van der Waals surface area contributed by atoms with Crippen molar-refractivity contribution in [1.82, 2.24) is 4.57 Å². The maximum Gasteiger partial charge on any atom is 0.356 e. The van der Waals surface area contributed by atoms with Crippen molar-refractivity contribution in [3.63, 3.8) is 0 Å². The van der Waals surface area contributed by atoms with Crippen LogP contribution in [0.2, 0.25) is 0 Å². The predicted octanol–water partition coefficient (Wildman–Crippen LogP) is 5.62. The number of carbonyl (C=O) groups is 2. The van der Waals surface area contributed by atoms with Gasteiger partial charge in [0.2, 0.25) is 0 Å². The maximum atomic E-state index is 12.9. The van der Waals surface area contributed by atoms with E-state index in [4.69, 9.17) is 4.74 Å². The van der Waals surface area contributed by atoms with Gasteiger partial charge in [0.05, 0.1) is 24.8 Å². The lowest BCUT2D eigenvalue weighted by Gasteiger charge is -2.11. The first-order chi connectivity index (χ1) is 17.5. The van der Waals surface area contributed by atoms with Crippen LogP contribution in [0.15, 0.2) is 83.9 Å². The number of nitriles is 1. The minimum atomic E-state index is -0.432. The smallest absolute Gasteiger partial charge is 0.356 e. The van der Waals surface area contributed by atoms with Crippen molar-refractivity contribution in [2.24, 2.45) is 4.99 Å². The molecule has 0 aliphatic rings. The van der Waals surface area contributed by atoms with E-state index in [1.165, 1.54) is 11.3 Å². The number of aryl methyl sites for hydroxylation is 1. The molecule has 7 heteroatoms. The Bertz CT molecular complexity index is 1490. The fourth-order valence-electron chi connectivity index (χ4n) is 3.89. The summed E-state index contributed by atoms with van der Waals surface area (Å²) in [6.07, 6.45) is 0.609. The molecule has 1 heterocycles. The second-order valence-corrected chi connectivity index (χ2v) is 9.02. The van der Waals surface area contributed by atoms with Gasteiger partial charge in [-0.15, -0.1) is 11.3 Å². The van der Waals surface area contributed by atoms with Gasteiger partial charge in [0.1, 0.15) is 5.69 Å². The number of hydrogen-bond acceptors (Lipinski definition) is 5. The molecule has 6 nitrogen and oxygen atoms in total. The predicted molar refractivity (Wildman–Crippen MR) is 140 cm³/mol. The number of rotatable bonds is 7. The molecule has 0 N–H and O–H groups in total. The lowest BCUT2D eigenvalue weighted by atomic mass is 9.99. The van der Waals surface area contributed by atoms with Crippen LogP contribution in [0, 0.1) is 11.3 Å². The number of esters is 1. The molecule has 3 aromatic carbocycles. The fourth-order valence-corrected chi connectivity index (χ4v) is 4.94. The Morgan fingerprint density at radius 2 is 1.67 bits per heavy atom. The molecular weight excluding hydrogens is 470 g/mol. The van der Waals surface area contributed by atoms with Gasteiger partial charge in [-0.3, -0.25) is 4.79 Å². The SMILES string of the molecule is CCOC(=O)c1c(CC)sc(=NC(=O)c2ccccc2)n1Cc1ccc(-c2ccccc2C#N)cc1. The molecule has 180 valence electrons. The third kappa shape index (κ3) is 5.35. The number of benzene rings is 3. The zero-order valence-corrected chi connectivity index (χ0v) is 20.9. The van der Waals surface area contributed by atoms with E-state index in [0.29, 0.717) is 34.6 Å². The molecule has 0 saturated carbocycles. The quantitative estimate of drug-likeness (QED) is 0.312. The Hall–Kier alpha value is -4.28. The molecule has 1 amide bonds. The van der Waals surface area contributed by atoms with E-state index in [0.717, 1.165) is 21.6 Å². The second-order valence-electron chi connectivity index (χ2n) is 7.95. The van der Waals surface area contributed by atoms with E-state index < -0.39 is 5.97 Å². The molecule has 0 atom stereocenters. The van der Waals surface area contributed by atoms with E-state index >= 15 is 0 Å². The van der Waals surface area contributed by atoms with Gasteiger partial charge in [-0.25, -0.2) is 4.79 Å². The van der Waals surface area contributed by atoms with Crippen LogP contribution in [0.25, 0.3) is 11.1 Å². The summed E-state index contributed by atoms with van der Waals surface area (Å²) in [5.74, 6) is -0.800. The Morgan fingerprint density at radius 3 is 2.33 bits per heavy atom. The van der Waals surface area contributed by atoms with Crippen LogP contribution in [-0.4, -0.2) is 23.1 Å². The molecule has 1 aromatic heterocycles. The van der Waals surface area contributed by atoms with Crippen molar-refractivity contribution in [3.8, 4) is 17.2 Å². The zero-order chi connectivity index (χ0) is 25.5. The van der Waals surface area contributed by atoms with E-state index in [1.54, 1.807) is 41.8 Å². The summed E-state index contributed by atoms with van der Waals surface area (Å²) in [5.41, 5.74) is 4.22. The number of amides is 1. The highest BCUT2D eigenvalue weighted by molar-refractivity contribution is 7.09. The van der Waals surface area contributed by atoms with E-state index in [9.17, 15) is 14.9 Å². The molecule has 0 saturated heterocycles. The standard InChI is InChI=1S/C29H25N3O3S/c1-3-25-26(28(34)35-4-2)32(29(36-25)31-27(33)22-10-6-5-7-11-22)19-20-14-16-21(17-15-20)24-13-9-8-12-23(24)18-30/h5-17H,3-4,19H2,1-2H3. The minimum absolute atomic E-state index is 0.250. The molecular formula is C29H25N3O3S. The van der Waals surface area contributed by atoms with Crippen LogP contribution in [0.3, 0.4) is 0 Å². The maximum absolute atomic E-state index is 12.9.